The molecule has 2 amide bonds. The number of fused-ring (bicyclic) bond motifs is 1. The van der Waals surface area contributed by atoms with Crippen LogP contribution in [0, 0.1) is 5.92 Å². The number of hydrazine groups is 1. The fourth-order valence-electron chi connectivity index (χ4n) is 2.81. The quantitative estimate of drug-likeness (QED) is 0.571. The number of aromatic nitrogens is 2. The van der Waals surface area contributed by atoms with E-state index in [1.54, 1.807) is 12.1 Å². The topological polar surface area (TPSA) is 105 Å². The highest BCUT2D eigenvalue weighted by atomic mass is 16.5. The van der Waals surface area contributed by atoms with Gasteiger partial charge in [-0.15, -0.1) is 0 Å². The molecule has 1 aliphatic rings. The van der Waals surface area contributed by atoms with E-state index in [4.69, 9.17) is 4.74 Å². The second kappa shape index (κ2) is 7.51. The molecule has 0 unspecified atom stereocenters. The smallest absolute Gasteiger partial charge is 0.271 e. The molecule has 1 fully saturated rings. The first-order valence-electron chi connectivity index (χ1n) is 8.91. The predicted molar refractivity (Wildman–Crippen MR) is 105 cm³/mol. The van der Waals surface area contributed by atoms with E-state index < -0.39 is 5.91 Å². The fourth-order valence-corrected chi connectivity index (χ4v) is 2.81. The van der Waals surface area contributed by atoms with Crippen molar-refractivity contribution in [2.24, 2.45) is 5.92 Å². The van der Waals surface area contributed by atoms with Gasteiger partial charge in [0.2, 0.25) is 17.7 Å². The number of amides is 2. The maximum atomic E-state index is 12.8. The second-order valence-electron chi connectivity index (χ2n) is 6.51. The van der Waals surface area contributed by atoms with Crippen LogP contribution in [0.3, 0.4) is 0 Å². The number of nitrogens with one attached hydrogen (secondary N) is 3. The van der Waals surface area contributed by atoms with Crippen LogP contribution in [0.2, 0.25) is 0 Å². The van der Waals surface area contributed by atoms with Crippen LogP contribution < -0.4 is 20.9 Å². The molecule has 1 saturated carbocycles. The van der Waals surface area contributed by atoms with E-state index in [1.807, 2.05) is 30.3 Å². The zero-order valence-electron chi connectivity index (χ0n) is 15.2. The van der Waals surface area contributed by atoms with Crippen molar-refractivity contribution in [3.05, 3.63) is 54.2 Å². The molecule has 3 aromatic rings. The van der Waals surface area contributed by atoms with Gasteiger partial charge in [-0.25, -0.2) is 4.98 Å². The van der Waals surface area contributed by atoms with Gasteiger partial charge in [0, 0.05) is 18.2 Å². The average molecular weight is 377 g/mol. The van der Waals surface area contributed by atoms with Crippen molar-refractivity contribution >= 4 is 34.2 Å². The van der Waals surface area contributed by atoms with Crippen molar-refractivity contribution in [3.8, 4) is 5.88 Å². The summed E-state index contributed by atoms with van der Waals surface area (Å²) in [7, 11) is 1.49. The second-order valence-corrected chi connectivity index (χ2v) is 6.51. The largest absolute Gasteiger partial charge is 0.481 e. The molecular formula is C20H19N5O3. The molecular weight excluding hydrogens is 358 g/mol. The molecule has 0 atom stereocenters. The first-order chi connectivity index (χ1) is 13.6. The summed E-state index contributed by atoms with van der Waals surface area (Å²) in [6.07, 6.45) is 3.28. The van der Waals surface area contributed by atoms with Crippen LogP contribution in [0.5, 0.6) is 5.88 Å². The van der Waals surface area contributed by atoms with Crippen LogP contribution in [0.1, 0.15) is 23.2 Å². The molecule has 142 valence electrons. The summed E-state index contributed by atoms with van der Waals surface area (Å²) in [5, 5.41) is 4.72. The number of rotatable bonds is 6. The van der Waals surface area contributed by atoms with E-state index in [9.17, 15) is 9.59 Å². The van der Waals surface area contributed by atoms with Gasteiger partial charge in [0.15, 0.2) is 0 Å². The van der Waals surface area contributed by atoms with Gasteiger partial charge in [-0.3, -0.25) is 20.4 Å². The molecule has 8 nitrogen and oxygen atoms in total. The van der Waals surface area contributed by atoms with Gasteiger partial charge in [-0.1, -0.05) is 24.3 Å². The highest BCUT2D eigenvalue weighted by molar-refractivity contribution is 6.08. The lowest BCUT2D eigenvalue weighted by Crippen LogP contribution is -2.31. The first kappa shape index (κ1) is 17.7. The minimum Gasteiger partial charge on any atom is -0.481 e. The van der Waals surface area contributed by atoms with Crippen LogP contribution in [0.25, 0.3) is 10.8 Å². The Hall–Kier alpha value is -3.68. The number of hydrogen-bond acceptors (Lipinski definition) is 6. The van der Waals surface area contributed by atoms with Gasteiger partial charge >= 0.3 is 0 Å². The monoisotopic (exact) mass is 377 g/mol. The van der Waals surface area contributed by atoms with Crippen molar-refractivity contribution in [2.75, 3.05) is 17.9 Å². The highest BCUT2D eigenvalue weighted by Crippen LogP contribution is 2.32. The highest BCUT2D eigenvalue weighted by Gasteiger charge is 2.30. The Bertz CT molecular complexity index is 1050. The number of hydrogen-bond donors (Lipinski definition) is 3. The molecule has 0 saturated heterocycles. The van der Waals surface area contributed by atoms with Crippen LogP contribution in [0.4, 0.5) is 11.6 Å². The van der Waals surface area contributed by atoms with Crippen LogP contribution in [-0.4, -0.2) is 28.9 Å². The fraction of sp³-hybridized carbons (Fsp3) is 0.200. The maximum Gasteiger partial charge on any atom is 0.271 e. The normalized spacial score (nSPS) is 13.0. The zero-order chi connectivity index (χ0) is 19.5. The van der Waals surface area contributed by atoms with E-state index in [0.717, 1.165) is 23.6 Å². The van der Waals surface area contributed by atoms with Gasteiger partial charge in [0.1, 0.15) is 0 Å². The number of anilines is 2. The third-order valence-electron chi connectivity index (χ3n) is 4.46. The van der Waals surface area contributed by atoms with Crippen molar-refractivity contribution in [1.82, 2.24) is 15.4 Å². The lowest BCUT2D eigenvalue weighted by atomic mass is 10.0. The standard InChI is InChI=1S/C20H19N5O3/c1-28-17-8-9-21-20(23-17)25-24-19(27)15-10-13-4-2-3-5-14(13)11-16(15)22-18(26)12-6-7-12/h2-5,8-12H,6-7H2,1H3,(H,22,26)(H,24,27)(H,21,23,25). The van der Waals surface area contributed by atoms with Gasteiger partial charge in [0.25, 0.3) is 5.91 Å². The molecule has 0 radical (unpaired) electrons. The minimum absolute atomic E-state index is 0.0330. The maximum absolute atomic E-state index is 12.8. The average Bonchev–Trinajstić information content (AvgIpc) is 3.57. The minimum atomic E-state index is -0.414. The van der Waals surface area contributed by atoms with E-state index in [2.05, 4.69) is 26.1 Å². The Kier molecular flexibility index (Phi) is 4.76. The third kappa shape index (κ3) is 3.85. The van der Waals surface area contributed by atoms with Gasteiger partial charge in [-0.2, -0.15) is 4.98 Å². The van der Waals surface area contributed by atoms with Crippen molar-refractivity contribution in [1.29, 1.82) is 0 Å². The number of methoxy groups -OCH3 is 1. The molecule has 0 spiro atoms. The zero-order valence-corrected chi connectivity index (χ0v) is 15.2. The van der Waals surface area contributed by atoms with Crippen LogP contribution >= 0.6 is 0 Å². The molecule has 3 N–H and O–H groups in total. The number of carbonyl (C=O) groups excluding carboxylic acids is 2. The van der Waals surface area contributed by atoms with Crippen LogP contribution in [0.15, 0.2) is 48.7 Å². The molecule has 0 bridgehead atoms. The molecule has 4 rings (SSSR count). The summed E-state index contributed by atoms with van der Waals surface area (Å²) in [5.74, 6) is 0.120. The molecule has 2 aromatic carbocycles. The van der Waals surface area contributed by atoms with Crippen molar-refractivity contribution in [3.63, 3.8) is 0 Å². The summed E-state index contributed by atoms with van der Waals surface area (Å²) >= 11 is 0. The van der Waals surface area contributed by atoms with Crippen LogP contribution in [-0.2, 0) is 4.79 Å². The Morgan fingerprint density at radius 3 is 2.57 bits per heavy atom. The Labute approximate surface area is 161 Å². The van der Waals surface area contributed by atoms with Gasteiger partial charge < -0.3 is 10.1 Å². The SMILES string of the molecule is COc1ccnc(NNC(=O)c2cc3ccccc3cc2NC(=O)C2CC2)n1. The summed E-state index contributed by atoms with van der Waals surface area (Å²) in [6.45, 7) is 0. The molecule has 1 aromatic heterocycles. The number of benzene rings is 2. The number of carbonyl (C=O) groups is 2. The number of nitrogens with zero attached hydrogens (tertiary/aromatic N) is 2. The predicted octanol–water partition coefficient (Wildman–Crippen LogP) is 2.74. The molecule has 1 heterocycles. The Morgan fingerprint density at radius 1 is 1.11 bits per heavy atom. The van der Waals surface area contributed by atoms with Crippen molar-refractivity contribution < 1.29 is 14.3 Å². The third-order valence-corrected chi connectivity index (χ3v) is 4.46. The first-order valence-corrected chi connectivity index (χ1v) is 8.91. The summed E-state index contributed by atoms with van der Waals surface area (Å²) in [6, 6.07) is 12.8. The Balaban J connectivity index is 1.59. The van der Waals surface area contributed by atoms with E-state index in [-0.39, 0.29) is 17.8 Å². The summed E-state index contributed by atoms with van der Waals surface area (Å²) in [4.78, 5) is 33.1. The van der Waals surface area contributed by atoms with E-state index >= 15 is 0 Å². The van der Waals surface area contributed by atoms with Crippen molar-refractivity contribution in [2.45, 2.75) is 12.8 Å². The lowest BCUT2D eigenvalue weighted by Gasteiger charge is -2.14. The Morgan fingerprint density at radius 2 is 1.86 bits per heavy atom. The van der Waals surface area contributed by atoms with E-state index in [0.29, 0.717) is 17.1 Å². The molecule has 1 aliphatic carbocycles. The lowest BCUT2D eigenvalue weighted by molar-refractivity contribution is -0.117. The summed E-state index contributed by atoms with van der Waals surface area (Å²) in [5.41, 5.74) is 6.06. The molecule has 28 heavy (non-hydrogen) atoms. The molecule has 8 heteroatoms. The molecule has 0 aliphatic heterocycles. The van der Waals surface area contributed by atoms with E-state index in [1.165, 1.54) is 13.3 Å². The van der Waals surface area contributed by atoms with Gasteiger partial charge in [0.05, 0.1) is 18.4 Å². The number of ether oxygens (including phenoxy) is 1. The van der Waals surface area contributed by atoms with Gasteiger partial charge in [-0.05, 0) is 35.7 Å². The summed E-state index contributed by atoms with van der Waals surface area (Å²) < 4.78 is 5.03.